The number of nitrogens with zero attached hydrogens (tertiary/aromatic N) is 2. The molecule has 1 aromatic carbocycles. The first-order valence-electron chi connectivity index (χ1n) is 9.72. The van der Waals surface area contributed by atoms with Crippen LogP contribution in [0.5, 0.6) is 0 Å². The van der Waals surface area contributed by atoms with Gasteiger partial charge in [0.05, 0.1) is 17.5 Å². The Kier molecular flexibility index (Phi) is 7.00. The average molecular weight is 425 g/mol. The van der Waals surface area contributed by atoms with Crippen molar-refractivity contribution in [3.63, 3.8) is 0 Å². The zero-order valence-electron chi connectivity index (χ0n) is 16.3. The van der Waals surface area contributed by atoms with E-state index < -0.39 is 9.84 Å². The summed E-state index contributed by atoms with van der Waals surface area (Å²) >= 11 is 1.48. The topological polar surface area (TPSA) is 90.9 Å². The minimum absolute atomic E-state index is 0.0221. The molecule has 2 atom stereocenters. The first kappa shape index (κ1) is 21.1. The van der Waals surface area contributed by atoms with Gasteiger partial charge in [-0.15, -0.1) is 0 Å². The van der Waals surface area contributed by atoms with Crippen LogP contribution in [-0.4, -0.2) is 73.4 Å². The van der Waals surface area contributed by atoms with Crippen molar-refractivity contribution < 1.29 is 13.2 Å². The molecular weight excluding hydrogens is 396 g/mol. The number of thioether (sulfide) groups is 1. The van der Waals surface area contributed by atoms with Gasteiger partial charge in [0.1, 0.15) is 0 Å². The molecule has 154 valence electrons. The average Bonchev–Trinajstić information content (AvgIpc) is 3.14. The number of amidine groups is 1. The fourth-order valence-electron chi connectivity index (χ4n) is 3.39. The molecule has 1 saturated heterocycles. The van der Waals surface area contributed by atoms with Crippen molar-refractivity contribution in [2.45, 2.75) is 31.6 Å². The molecule has 3 rings (SSSR count). The van der Waals surface area contributed by atoms with Crippen LogP contribution in [0.25, 0.3) is 0 Å². The minimum atomic E-state index is -2.94. The van der Waals surface area contributed by atoms with Crippen LogP contribution < -0.4 is 10.6 Å². The number of benzene rings is 1. The quantitative estimate of drug-likeness (QED) is 0.619. The molecule has 9 heteroatoms. The number of fused-ring (bicyclic) bond motifs is 1. The van der Waals surface area contributed by atoms with Gasteiger partial charge < -0.3 is 15.5 Å². The van der Waals surface area contributed by atoms with Gasteiger partial charge in [-0.3, -0.25) is 9.79 Å². The van der Waals surface area contributed by atoms with E-state index >= 15 is 0 Å². The number of rotatable bonds is 8. The number of anilines is 1. The number of sulfone groups is 1. The molecule has 0 radical (unpaired) electrons. The van der Waals surface area contributed by atoms with E-state index in [1.54, 1.807) is 12.1 Å². The van der Waals surface area contributed by atoms with Gasteiger partial charge in [-0.25, -0.2) is 8.42 Å². The number of aliphatic imine (C=N–C) groups is 1. The predicted molar refractivity (Wildman–Crippen MR) is 116 cm³/mol. The van der Waals surface area contributed by atoms with Gasteiger partial charge in [-0.1, -0.05) is 25.6 Å². The molecule has 2 N–H and O–H groups in total. The lowest BCUT2D eigenvalue weighted by Gasteiger charge is -2.17. The van der Waals surface area contributed by atoms with Crippen LogP contribution in [-0.2, 0) is 9.84 Å². The molecule has 1 aromatic rings. The summed E-state index contributed by atoms with van der Waals surface area (Å²) in [6, 6.07) is 7.12. The van der Waals surface area contributed by atoms with E-state index in [1.807, 2.05) is 12.1 Å². The smallest absolute Gasteiger partial charge is 0.251 e. The molecule has 0 bridgehead atoms. The van der Waals surface area contributed by atoms with Crippen molar-refractivity contribution in [2.24, 2.45) is 4.99 Å². The summed E-state index contributed by atoms with van der Waals surface area (Å²) in [7, 11) is -2.94. The van der Waals surface area contributed by atoms with Crippen LogP contribution in [0.15, 0.2) is 29.3 Å². The predicted octanol–water partition coefficient (Wildman–Crippen LogP) is 1.83. The number of hydrogen-bond acceptors (Lipinski definition) is 7. The van der Waals surface area contributed by atoms with Crippen molar-refractivity contribution in [2.75, 3.05) is 43.0 Å². The Morgan fingerprint density at radius 2 is 1.93 bits per heavy atom. The normalized spacial score (nSPS) is 22.8. The fraction of sp³-hybridized carbons (Fsp3) is 0.579. The molecule has 0 saturated carbocycles. The number of nitrogens with one attached hydrogen (secondary N) is 2. The van der Waals surface area contributed by atoms with Gasteiger partial charge in [0.25, 0.3) is 5.91 Å². The summed E-state index contributed by atoms with van der Waals surface area (Å²) in [6.45, 7) is 7.98. The lowest BCUT2D eigenvalue weighted by atomic mass is 10.2. The van der Waals surface area contributed by atoms with Gasteiger partial charge in [0.2, 0.25) is 0 Å². The largest absolute Gasteiger partial charge is 0.352 e. The first-order valence-corrected chi connectivity index (χ1v) is 12.4. The van der Waals surface area contributed by atoms with Crippen molar-refractivity contribution in [1.29, 1.82) is 0 Å². The van der Waals surface area contributed by atoms with Gasteiger partial charge in [0, 0.05) is 23.0 Å². The second-order valence-corrected chi connectivity index (χ2v) is 10.5. The third kappa shape index (κ3) is 5.48. The van der Waals surface area contributed by atoms with Crippen LogP contribution in [0.3, 0.4) is 0 Å². The van der Waals surface area contributed by atoms with E-state index in [9.17, 15) is 13.2 Å². The van der Waals surface area contributed by atoms with Crippen molar-refractivity contribution in [3.8, 4) is 0 Å². The van der Waals surface area contributed by atoms with Crippen LogP contribution in [0, 0.1) is 0 Å². The van der Waals surface area contributed by atoms with Crippen molar-refractivity contribution in [3.05, 3.63) is 29.8 Å². The Balaban J connectivity index is 1.46. The molecule has 0 aliphatic carbocycles. The first-order chi connectivity index (χ1) is 13.4. The van der Waals surface area contributed by atoms with Gasteiger partial charge in [-0.2, -0.15) is 0 Å². The molecule has 2 aliphatic rings. The number of carbonyl (C=O) groups is 1. The van der Waals surface area contributed by atoms with Crippen molar-refractivity contribution in [1.82, 2.24) is 10.2 Å². The molecule has 0 spiro atoms. The number of hydrogen-bond donors (Lipinski definition) is 2. The lowest BCUT2D eigenvalue weighted by molar-refractivity contribution is 0.0952. The highest BCUT2D eigenvalue weighted by Gasteiger charge is 2.42. The summed E-state index contributed by atoms with van der Waals surface area (Å²) in [5.74, 6) is 0.270. The molecule has 2 heterocycles. The molecule has 0 unspecified atom stereocenters. The fourth-order valence-corrected chi connectivity index (χ4v) is 7.07. The van der Waals surface area contributed by atoms with E-state index in [1.165, 1.54) is 11.8 Å². The van der Waals surface area contributed by atoms with E-state index in [2.05, 4.69) is 34.4 Å². The van der Waals surface area contributed by atoms with Gasteiger partial charge >= 0.3 is 0 Å². The zero-order valence-corrected chi connectivity index (χ0v) is 18.0. The maximum Gasteiger partial charge on any atom is 0.251 e. The highest BCUT2D eigenvalue weighted by Crippen LogP contribution is 2.34. The monoisotopic (exact) mass is 424 g/mol. The third-order valence-corrected chi connectivity index (χ3v) is 8.19. The standard InChI is InChI=1S/C19H28N4O3S2/c1-3-23(4-2)11-5-10-20-18(24)14-6-8-15(9-7-14)21-19-22-16-12-28(25,26)13-17(16)27-19/h6-9,16-17H,3-5,10-13H2,1-2H3,(H,20,24)(H,21,22)/t16-,17+/m0/s1. The summed E-state index contributed by atoms with van der Waals surface area (Å²) in [5, 5.41) is 6.95. The molecule has 28 heavy (non-hydrogen) atoms. The van der Waals surface area contributed by atoms with Crippen LogP contribution in [0.4, 0.5) is 5.69 Å². The summed E-state index contributed by atoms with van der Waals surface area (Å²) in [6.07, 6.45) is 0.933. The summed E-state index contributed by atoms with van der Waals surface area (Å²) in [4.78, 5) is 19.1. The Morgan fingerprint density at radius 3 is 2.57 bits per heavy atom. The molecular formula is C19H28N4O3S2. The molecule has 2 aliphatic heterocycles. The Morgan fingerprint density at radius 1 is 1.21 bits per heavy atom. The Bertz CT molecular complexity index is 820. The number of amides is 1. The third-order valence-electron chi connectivity index (χ3n) is 5.05. The van der Waals surface area contributed by atoms with Crippen molar-refractivity contribution >= 4 is 38.4 Å². The highest BCUT2D eigenvalue weighted by molar-refractivity contribution is 8.15. The minimum Gasteiger partial charge on any atom is -0.352 e. The maximum atomic E-state index is 12.2. The highest BCUT2D eigenvalue weighted by atomic mass is 32.2. The zero-order chi connectivity index (χ0) is 20.1. The molecule has 7 nitrogen and oxygen atoms in total. The second kappa shape index (κ2) is 9.28. The summed E-state index contributed by atoms with van der Waals surface area (Å²) in [5.41, 5.74) is 1.46. The van der Waals surface area contributed by atoms with Gasteiger partial charge in [-0.05, 0) is 50.3 Å². The Labute approximate surface area is 171 Å². The molecule has 0 aromatic heterocycles. The van der Waals surface area contributed by atoms with E-state index in [0.29, 0.717) is 12.1 Å². The Hall–Kier alpha value is -1.58. The lowest BCUT2D eigenvalue weighted by Crippen LogP contribution is -2.29. The maximum absolute atomic E-state index is 12.2. The van der Waals surface area contributed by atoms with Crippen LogP contribution in [0.1, 0.15) is 30.6 Å². The molecule has 1 amide bonds. The second-order valence-electron chi connectivity index (χ2n) is 7.07. The van der Waals surface area contributed by atoms with Gasteiger partial charge in [0.15, 0.2) is 15.0 Å². The molecule has 1 fully saturated rings. The van der Waals surface area contributed by atoms with E-state index in [-0.39, 0.29) is 28.7 Å². The number of carbonyl (C=O) groups excluding carboxylic acids is 1. The van der Waals surface area contributed by atoms with Crippen LogP contribution in [0.2, 0.25) is 0 Å². The van der Waals surface area contributed by atoms with E-state index in [0.717, 1.165) is 36.9 Å². The summed E-state index contributed by atoms with van der Waals surface area (Å²) < 4.78 is 23.3. The van der Waals surface area contributed by atoms with E-state index in [4.69, 9.17) is 0 Å². The van der Waals surface area contributed by atoms with Crippen LogP contribution >= 0.6 is 11.8 Å². The SMILES string of the molecule is CCN(CC)CCCNC(=O)c1ccc(NC2=N[C@H]3CS(=O)(=O)C[C@H]3S2)cc1.